The Morgan fingerprint density at radius 1 is 1.13 bits per heavy atom. The molecule has 2 aliphatic rings. The first-order chi connectivity index (χ1) is 22.4. The van der Waals surface area contributed by atoms with Crippen molar-refractivity contribution < 1.29 is 18.4 Å². The van der Waals surface area contributed by atoms with Crippen molar-refractivity contribution in [2.24, 2.45) is 11.5 Å². The Hall–Kier alpha value is -5.28. The summed E-state index contributed by atoms with van der Waals surface area (Å²) in [6.45, 7) is 2.32. The molecule has 0 unspecified atom stereocenters. The zero-order valence-electron chi connectivity index (χ0n) is 24.9. The van der Waals surface area contributed by atoms with Gasteiger partial charge in [-0.15, -0.1) is 10.2 Å². The number of nitrogens with two attached hydrogens (primary N) is 2. The number of fused-ring (bicyclic) bond motifs is 3. The molecule has 1 saturated carbocycles. The quantitative estimate of drug-likeness (QED) is 0.202. The summed E-state index contributed by atoms with van der Waals surface area (Å²) < 4.78 is 19.1. The summed E-state index contributed by atoms with van der Waals surface area (Å²) >= 11 is 0. The second kappa shape index (κ2) is 11.3. The molecule has 5 aromatic heterocycles. The molecule has 1 saturated heterocycles. The van der Waals surface area contributed by atoms with Crippen LogP contribution in [0.15, 0.2) is 50.6 Å². The number of hydrogen-bond donors (Lipinski definition) is 4. The predicted molar refractivity (Wildman–Crippen MR) is 169 cm³/mol. The molecule has 6 N–H and O–H groups in total. The SMILES string of the molecule is NC(=O)c1c(Cc2cc(-c3coc4c(=O)cc(N5CCOCC5)oc34)cc3cn[nH]c23)nc(N[C@H]2CCCC[C@H]2N)n2cnnc12. The second-order valence-electron chi connectivity index (χ2n) is 11.8. The lowest BCUT2D eigenvalue weighted by molar-refractivity contribution is 0.1000. The number of carbonyl (C=O) groups excluding carboxylic acids is 1. The van der Waals surface area contributed by atoms with E-state index in [2.05, 4.69) is 25.7 Å². The highest BCUT2D eigenvalue weighted by Crippen LogP contribution is 2.35. The summed E-state index contributed by atoms with van der Waals surface area (Å²) in [7, 11) is 0. The van der Waals surface area contributed by atoms with E-state index in [0.29, 0.717) is 60.6 Å². The maximum absolute atomic E-state index is 13.0. The minimum Gasteiger partial charge on any atom is -0.456 e. The van der Waals surface area contributed by atoms with Gasteiger partial charge in [-0.25, -0.2) is 4.98 Å². The van der Waals surface area contributed by atoms with Crippen LogP contribution in [0.4, 0.5) is 11.8 Å². The molecule has 1 aromatic carbocycles. The predicted octanol–water partition coefficient (Wildman–Crippen LogP) is 2.58. The average molecular weight is 625 g/mol. The van der Waals surface area contributed by atoms with E-state index in [1.165, 1.54) is 18.7 Å². The van der Waals surface area contributed by atoms with Crippen molar-refractivity contribution >= 4 is 45.5 Å². The second-order valence-corrected chi connectivity index (χ2v) is 11.8. The lowest BCUT2D eigenvalue weighted by atomic mass is 9.91. The average Bonchev–Trinajstić information content (AvgIpc) is 3.83. The molecular weight excluding hydrogens is 592 g/mol. The van der Waals surface area contributed by atoms with Gasteiger partial charge in [0.25, 0.3) is 5.91 Å². The van der Waals surface area contributed by atoms with Gasteiger partial charge in [-0.1, -0.05) is 12.8 Å². The van der Waals surface area contributed by atoms with Crippen molar-refractivity contribution in [2.75, 3.05) is 36.5 Å². The Morgan fingerprint density at radius 2 is 1.98 bits per heavy atom. The lowest BCUT2D eigenvalue weighted by Crippen LogP contribution is -2.43. The standard InChI is InChI=1S/C31H32N10O5/c32-20-3-1-2-4-21(20)36-31-37-22(25(29(33)43)30-39-35-15-41(30)31)11-17-9-16(10-18-13-34-38-26(17)18)19-14-45-28-23(42)12-24(46-27(19)28)40-5-7-44-8-6-40/h9-10,12-15,20-21H,1-8,11,32H2,(H2,33,43)(H,34,38)(H,36,37)/t20-,21+/m1/s1. The fourth-order valence-corrected chi connectivity index (χ4v) is 6.59. The molecule has 1 aliphatic heterocycles. The smallest absolute Gasteiger partial charge is 0.254 e. The minimum atomic E-state index is -0.670. The number of rotatable bonds is 7. The first-order valence-corrected chi connectivity index (χ1v) is 15.3. The molecule has 1 amide bonds. The van der Waals surface area contributed by atoms with Crippen LogP contribution in [0.2, 0.25) is 0 Å². The summed E-state index contributed by atoms with van der Waals surface area (Å²) in [4.78, 5) is 32.8. The van der Waals surface area contributed by atoms with Crippen molar-refractivity contribution in [1.29, 1.82) is 0 Å². The Labute approximate surface area is 260 Å². The van der Waals surface area contributed by atoms with Crippen LogP contribution in [-0.2, 0) is 11.2 Å². The number of anilines is 2. The van der Waals surface area contributed by atoms with Gasteiger partial charge in [-0.2, -0.15) is 5.10 Å². The van der Waals surface area contributed by atoms with Gasteiger partial charge in [0, 0.05) is 37.0 Å². The molecule has 0 bridgehead atoms. The van der Waals surface area contributed by atoms with Crippen LogP contribution in [0, 0.1) is 0 Å². The molecular formula is C31H32N10O5. The van der Waals surface area contributed by atoms with Gasteiger partial charge in [-0.05, 0) is 36.1 Å². The lowest BCUT2D eigenvalue weighted by Gasteiger charge is -2.30. The van der Waals surface area contributed by atoms with Gasteiger partial charge in [0.15, 0.2) is 17.1 Å². The highest BCUT2D eigenvalue weighted by molar-refractivity contribution is 6.00. The summed E-state index contributed by atoms with van der Waals surface area (Å²) in [5, 5.41) is 19.9. The molecule has 0 spiro atoms. The number of benzene rings is 1. The third kappa shape index (κ3) is 4.84. The number of primary amides is 1. The number of aromatic nitrogens is 6. The zero-order valence-corrected chi connectivity index (χ0v) is 24.9. The molecule has 6 heterocycles. The summed E-state index contributed by atoms with van der Waals surface area (Å²) in [5.74, 6) is 0.275. The van der Waals surface area contributed by atoms with Crippen LogP contribution in [0.25, 0.3) is 38.8 Å². The van der Waals surface area contributed by atoms with Gasteiger partial charge in [-0.3, -0.25) is 19.1 Å². The number of furan rings is 1. The molecule has 15 nitrogen and oxygen atoms in total. The number of H-pyrrole nitrogens is 1. The molecule has 2 fully saturated rings. The van der Waals surface area contributed by atoms with Crippen LogP contribution in [-0.4, -0.2) is 74.1 Å². The molecule has 2 atom stereocenters. The highest BCUT2D eigenvalue weighted by atomic mass is 16.5. The minimum absolute atomic E-state index is 0.00755. The third-order valence-corrected chi connectivity index (χ3v) is 8.96. The van der Waals surface area contributed by atoms with Gasteiger partial charge >= 0.3 is 0 Å². The number of nitrogens with zero attached hydrogens (tertiary/aromatic N) is 6. The maximum atomic E-state index is 13.0. The normalized spacial score (nSPS) is 18.9. The van der Waals surface area contributed by atoms with Crippen LogP contribution in [0.1, 0.15) is 47.3 Å². The van der Waals surface area contributed by atoms with E-state index in [-0.39, 0.29) is 35.1 Å². The Balaban J connectivity index is 1.24. The zero-order chi connectivity index (χ0) is 31.4. The van der Waals surface area contributed by atoms with E-state index in [1.54, 1.807) is 10.6 Å². The number of aromatic amines is 1. The molecule has 1 aliphatic carbocycles. The van der Waals surface area contributed by atoms with Crippen molar-refractivity contribution in [3.8, 4) is 11.1 Å². The summed E-state index contributed by atoms with van der Waals surface area (Å²) in [5.41, 5.74) is 16.3. The fraction of sp³-hybridized carbons (Fsp3) is 0.355. The fourth-order valence-electron chi connectivity index (χ4n) is 6.59. The Kier molecular flexibility index (Phi) is 6.91. The Bertz CT molecular complexity index is 2160. The van der Waals surface area contributed by atoms with Crippen molar-refractivity contribution in [3.05, 3.63) is 64.0 Å². The first-order valence-electron chi connectivity index (χ1n) is 15.3. The van der Waals surface area contributed by atoms with E-state index in [1.807, 2.05) is 17.0 Å². The van der Waals surface area contributed by atoms with Crippen LogP contribution < -0.4 is 27.1 Å². The van der Waals surface area contributed by atoms with Gasteiger partial charge in [0.05, 0.1) is 42.3 Å². The van der Waals surface area contributed by atoms with Gasteiger partial charge < -0.3 is 35.3 Å². The third-order valence-electron chi connectivity index (χ3n) is 8.96. The summed E-state index contributed by atoms with van der Waals surface area (Å²) in [6.07, 6.45) is 8.90. The Morgan fingerprint density at radius 3 is 2.80 bits per heavy atom. The number of carbonyl (C=O) groups is 1. The summed E-state index contributed by atoms with van der Waals surface area (Å²) in [6, 6.07) is 5.31. The number of nitrogens with one attached hydrogen (secondary N) is 2. The van der Waals surface area contributed by atoms with Crippen molar-refractivity contribution in [3.63, 3.8) is 0 Å². The molecule has 8 rings (SSSR count). The van der Waals surface area contributed by atoms with Crippen molar-refractivity contribution in [1.82, 2.24) is 29.8 Å². The molecule has 6 aromatic rings. The highest BCUT2D eigenvalue weighted by Gasteiger charge is 2.27. The van der Waals surface area contributed by atoms with Crippen LogP contribution >= 0.6 is 0 Å². The molecule has 0 radical (unpaired) electrons. The molecule has 46 heavy (non-hydrogen) atoms. The molecule has 236 valence electrons. The van der Waals surface area contributed by atoms with E-state index in [9.17, 15) is 9.59 Å². The van der Waals surface area contributed by atoms with E-state index in [4.69, 9.17) is 30.0 Å². The molecule has 15 heteroatoms. The largest absolute Gasteiger partial charge is 0.456 e. The van der Waals surface area contributed by atoms with E-state index >= 15 is 0 Å². The van der Waals surface area contributed by atoms with Gasteiger partial charge in [0.2, 0.25) is 17.0 Å². The number of amides is 1. The van der Waals surface area contributed by atoms with E-state index < -0.39 is 5.91 Å². The number of ether oxygens (including phenoxy) is 1. The monoisotopic (exact) mass is 624 g/mol. The maximum Gasteiger partial charge on any atom is 0.254 e. The number of hydrogen-bond acceptors (Lipinski definition) is 12. The van der Waals surface area contributed by atoms with Gasteiger partial charge in [0.1, 0.15) is 18.2 Å². The van der Waals surface area contributed by atoms with Crippen LogP contribution in [0.5, 0.6) is 0 Å². The van der Waals surface area contributed by atoms with Crippen LogP contribution in [0.3, 0.4) is 0 Å². The topological polar surface area (TPSA) is 209 Å². The first kappa shape index (κ1) is 28.2. The van der Waals surface area contributed by atoms with E-state index in [0.717, 1.165) is 47.7 Å². The van der Waals surface area contributed by atoms with Crippen molar-refractivity contribution in [2.45, 2.75) is 44.2 Å². The number of morpholine rings is 1.